The van der Waals surface area contributed by atoms with Crippen molar-refractivity contribution in [1.82, 2.24) is 14.3 Å². The third-order valence-electron chi connectivity index (χ3n) is 1.62. The van der Waals surface area contributed by atoms with E-state index in [1.807, 2.05) is 0 Å². The van der Waals surface area contributed by atoms with Crippen molar-refractivity contribution in [2.75, 3.05) is 7.11 Å². The molecule has 0 atom stereocenters. The number of hydrogen-bond donors (Lipinski definition) is 1. The van der Waals surface area contributed by atoms with E-state index < -0.39 is 0 Å². The van der Waals surface area contributed by atoms with Gasteiger partial charge in [-0.05, 0) is 11.5 Å². The first-order valence-corrected chi connectivity index (χ1v) is 4.63. The molecule has 72 valence electrons. The van der Waals surface area contributed by atoms with Gasteiger partial charge in [-0.15, -0.1) is 0 Å². The Labute approximate surface area is 83.6 Å². The van der Waals surface area contributed by atoms with Gasteiger partial charge in [-0.1, -0.05) is 0 Å². The summed E-state index contributed by atoms with van der Waals surface area (Å²) in [6.07, 6.45) is 2.79. The van der Waals surface area contributed by atoms with Crippen molar-refractivity contribution in [3.05, 3.63) is 28.8 Å². The molecule has 0 unspecified atom stereocenters. The minimum Gasteiger partial charge on any atom is -0.480 e. The summed E-state index contributed by atoms with van der Waals surface area (Å²) in [7, 11) is 1.55. The molecule has 2 rings (SSSR count). The second-order valence-electron chi connectivity index (χ2n) is 2.53. The largest absolute Gasteiger partial charge is 0.480 e. The van der Waals surface area contributed by atoms with Crippen LogP contribution in [0.15, 0.2) is 23.3 Å². The van der Waals surface area contributed by atoms with Crippen LogP contribution >= 0.6 is 11.5 Å². The van der Waals surface area contributed by atoms with Gasteiger partial charge in [0.05, 0.1) is 23.9 Å². The summed E-state index contributed by atoms with van der Waals surface area (Å²) in [6.45, 7) is 0. The molecule has 0 saturated carbocycles. The molecule has 2 aromatic heterocycles. The molecule has 0 aliphatic carbocycles. The van der Waals surface area contributed by atoms with Gasteiger partial charge in [0, 0.05) is 12.3 Å². The predicted molar refractivity (Wildman–Crippen MR) is 52.5 cm³/mol. The first-order chi connectivity index (χ1) is 6.79. The summed E-state index contributed by atoms with van der Waals surface area (Å²) in [6, 6.07) is 1.77. The van der Waals surface area contributed by atoms with E-state index in [2.05, 4.69) is 14.3 Å². The molecule has 14 heavy (non-hydrogen) atoms. The van der Waals surface area contributed by atoms with E-state index in [0.29, 0.717) is 11.6 Å². The average Bonchev–Trinajstić information content (AvgIpc) is 2.67. The molecule has 5 nitrogen and oxygen atoms in total. The lowest BCUT2D eigenvalue weighted by Gasteiger charge is -1.91. The molecule has 2 heterocycles. The van der Waals surface area contributed by atoms with Crippen molar-refractivity contribution in [2.24, 2.45) is 0 Å². The van der Waals surface area contributed by atoms with Crippen LogP contribution < -0.4 is 10.3 Å². The number of nitrogens with one attached hydrogen (secondary N) is 1. The van der Waals surface area contributed by atoms with E-state index in [0.717, 1.165) is 4.88 Å². The molecule has 0 aliphatic rings. The Balaban J connectivity index is 2.39. The maximum atomic E-state index is 10.8. The minimum absolute atomic E-state index is 0.217. The lowest BCUT2D eigenvalue weighted by atomic mass is 10.4. The van der Waals surface area contributed by atoms with E-state index >= 15 is 0 Å². The fourth-order valence-corrected chi connectivity index (χ4v) is 1.63. The Morgan fingerprint density at radius 2 is 2.43 bits per heavy atom. The minimum atomic E-state index is -0.217. The monoisotopic (exact) mass is 209 g/mol. The summed E-state index contributed by atoms with van der Waals surface area (Å²) in [5.74, 6) is 0.554. The van der Waals surface area contributed by atoms with Gasteiger partial charge in [0.1, 0.15) is 0 Å². The van der Waals surface area contributed by atoms with E-state index in [1.54, 1.807) is 19.4 Å². The number of rotatable bonds is 2. The van der Waals surface area contributed by atoms with Crippen LogP contribution in [0.25, 0.3) is 10.6 Å². The fraction of sp³-hybridized carbons (Fsp3) is 0.125. The SMILES string of the molecule is COc1cc(-c2c[nH]c(=O)cn2)sn1. The first-order valence-electron chi connectivity index (χ1n) is 3.85. The van der Waals surface area contributed by atoms with Crippen LogP contribution in [0, 0.1) is 0 Å². The normalized spacial score (nSPS) is 10.1. The molecule has 0 amide bonds. The Morgan fingerprint density at radius 1 is 1.57 bits per heavy atom. The highest BCUT2D eigenvalue weighted by molar-refractivity contribution is 7.09. The third-order valence-corrected chi connectivity index (χ3v) is 2.42. The Hall–Kier alpha value is -1.69. The maximum absolute atomic E-state index is 10.8. The highest BCUT2D eigenvalue weighted by Gasteiger charge is 2.05. The van der Waals surface area contributed by atoms with Crippen molar-refractivity contribution in [3.63, 3.8) is 0 Å². The Kier molecular flexibility index (Phi) is 2.28. The quantitative estimate of drug-likeness (QED) is 0.798. The summed E-state index contributed by atoms with van der Waals surface area (Å²) in [5.41, 5.74) is 0.468. The molecule has 2 aromatic rings. The number of ether oxygens (including phenoxy) is 1. The van der Waals surface area contributed by atoms with Crippen LogP contribution in [0.5, 0.6) is 5.88 Å². The number of H-pyrrole nitrogens is 1. The number of methoxy groups -OCH3 is 1. The van der Waals surface area contributed by atoms with Crippen LogP contribution in [-0.2, 0) is 0 Å². The lowest BCUT2D eigenvalue weighted by Crippen LogP contribution is -2.03. The van der Waals surface area contributed by atoms with E-state index in [-0.39, 0.29) is 5.56 Å². The van der Waals surface area contributed by atoms with Crippen LogP contribution in [-0.4, -0.2) is 21.5 Å². The third kappa shape index (κ3) is 1.64. The number of nitrogens with zero attached hydrogens (tertiary/aromatic N) is 2. The summed E-state index contributed by atoms with van der Waals surface area (Å²) >= 11 is 1.27. The van der Waals surface area contributed by atoms with Crippen molar-refractivity contribution < 1.29 is 4.74 Å². The van der Waals surface area contributed by atoms with Gasteiger partial charge >= 0.3 is 0 Å². The zero-order valence-corrected chi connectivity index (χ0v) is 8.17. The van der Waals surface area contributed by atoms with Crippen LogP contribution in [0.2, 0.25) is 0 Å². The van der Waals surface area contributed by atoms with Gasteiger partial charge in [-0.2, -0.15) is 4.37 Å². The number of hydrogen-bond acceptors (Lipinski definition) is 5. The average molecular weight is 209 g/mol. The standard InChI is InChI=1S/C8H7N3O2S/c1-13-8-2-6(14-11-8)5-3-10-7(12)4-9-5/h2-4H,1H3,(H,10,12). The molecule has 0 fully saturated rings. The molecule has 0 saturated heterocycles. The number of aromatic nitrogens is 3. The zero-order chi connectivity index (χ0) is 9.97. The van der Waals surface area contributed by atoms with Crippen molar-refractivity contribution in [3.8, 4) is 16.5 Å². The molecule has 0 spiro atoms. The van der Waals surface area contributed by atoms with Crippen molar-refractivity contribution in [2.45, 2.75) is 0 Å². The van der Waals surface area contributed by atoms with Crippen molar-refractivity contribution >= 4 is 11.5 Å². The second-order valence-corrected chi connectivity index (χ2v) is 3.33. The molecule has 6 heteroatoms. The van der Waals surface area contributed by atoms with Crippen LogP contribution in [0.4, 0.5) is 0 Å². The van der Waals surface area contributed by atoms with Gasteiger partial charge in [-0.3, -0.25) is 4.79 Å². The number of aromatic amines is 1. The summed E-state index contributed by atoms with van der Waals surface area (Å²) in [5, 5.41) is 0. The van der Waals surface area contributed by atoms with Crippen LogP contribution in [0.1, 0.15) is 0 Å². The van der Waals surface area contributed by atoms with Gasteiger partial charge in [-0.25, -0.2) is 4.98 Å². The molecule has 0 radical (unpaired) electrons. The van der Waals surface area contributed by atoms with E-state index in [4.69, 9.17) is 4.74 Å². The fourth-order valence-electron chi connectivity index (χ4n) is 0.953. The Bertz CT molecular complexity index is 471. The highest BCUT2D eigenvalue weighted by atomic mass is 32.1. The summed E-state index contributed by atoms with van der Waals surface area (Å²) in [4.78, 5) is 18.1. The van der Waals surface area contributed by atoms with Gasteiger partial charge < -0.3 is 9.72 Å². The van der Waals surface area contributed by atoms with Gasteiger partial charge in [0.15, 0.2) is 0 Å². The molecular weight excluding hydrogens is 202 g/mol. The van der Waals surface area contributed by atoms with Gasteiger partial charge in [0.2, 0.25) is 5.88 Å². The Morgan fingerprint density at radius 3 is 3.00 bits per heavy atom. The van der Waals surface area contributed by atoms with E-state index in [9.17, 15) is 4.79 Å². The van der Waals surface area contributed by atoms with Crippen molar-refractivity contribution in [1.29, 1.82) is 0 Å². The first kappa shape index (κ1) is 8.89. The zero-order valence-electron chi connectivity index (χ0n) is 7.35. The smallest absolute Gasteiger partial charge is 0.266 e. The summed E-state index contributed by atoms with van der Waals surface area (Å²) < 4.78 is 8.96. The molecule has 0 aromatic carbocycles. The second kappa shape index (κ2) is 3.59. The maximum Gasteiger partial charge on any atom is 0.266 e. The lowest BCUT2D eigenvalue weighted by molar-refractivity contribution is 0.403. The molecule has 1 N–H and O–H groups in total. The topological polar surface area (TPSA) is 67.9 Å². The van der Waals surface area contributed by atoms with E-state index in [1.165, 1.54) is 17.7 Å². The molecule has 0 aliphatic heterocycles. The molecule has 0 bridgehead atoms. The highest BCUT2D eigenvalue weighted by Crippen LogP contribution is 2.24. The molecular formula is C8H7N3O2S. The predicted octanol–water partition coefficient (Wildman–Crippen LogP) is 0.902. The van der Waals surface area contributed by atoms with Crippen LogP contribution in [0.3, 0.4) is 0 Å². The van der Waals surface area contributed by atoms with Gasteiger partial charge in [0.25, 0.3) is 5.56 Å².